The van der Waals surface area contributed by atoms with Gasteiger partial charge in [0.1, 0.15) is 0 Å². The Hall–Kier alpha value is -0.320. The first-order valence-electron chi connectivity index (χ1n) is 5.01. The van der Waals surface area contributed by atoms with Crippen molar-refractivity contribution in [2.24, 2.45) is 0 Å². The minimum Gasteiger partial charge on any atom is -0.396 e. The molecule has 1 unspecified atom stereocenters. The van der Waals surface area contributed by atoms with E-state index in [1.807, 2.05) is 11.8 Å². The van der Waals surface area contributed by atoms with Crippen molar-refractivity contribution in [1.29, 1.82) is 0 Å². The molecule has 82 valence electrons. The van der Waals surface area contributed by atoms with Crippen LogP contribution in [0.15, 0.2) is 28.0 Å². The van der Waals surface area contributed by atoms with E-state index >= 15 is 0 Å². The van der Waals surface area contributed by atoms with Crippen LogP contribution in [-0.4, -0.2) is 29.8 Å². The Morgan fingerprint density at radius 2 is 2.47 bits per heavy atom. The van der Waals surface area contributed by atoms with E-state index < -0.39 is 0 Å². The summed E-state index contributed by atoms with van der Waals surface area (Å²) < 4.78 is 0. The molecule has 4 heteroatoms. The van der Waals surface area contributed by atoms with Crippen LogP contribution in [0.3, 0.4) is 0 Å². The molecule has 0 aliphatic carbocycles. The Balaban J connectivity index is 2.13. The molecule has 2 nitrogen and oxygen atoms in total. The molecule has 0 amide bonds. The summed E-state index contributed by atoms with van der Waals surface area (Å²) in [6.07, 6.45) is 2.92. The lowest BCUT2D eigenvalue weighted by atomic mass is 10.2. The van der Waals surface area contributed by atoms with Gasteiger partial charge in [-0.05, 0) is 30.9 Å². The van der Waals surface area contributed by atoms with Crippen LogP contribution in [0.5, 0.6) is 0 Å². The molecule has 0 aromatic heterocycles. The van der Waals surface area contributed by atoms with Crippen LogP contribution in [0.25, 0.3) is 0 Å². The zero-order valence-electron chi connectivity index (χ0n) is 8.69. The number of thioether (sulfide) groups is 2. The monoisotopic (exact) mass is 241 g/mol. The number of hydrogen-bond acceptors (Lipinski definition) is 4. The average molecular weight is 241 g/mol. The van der Waals surface area contributed by atoms with Crippen molar-refractivity contribution in [3.8, 4) is 0 Å². The lowest BCUT2D eigenvalue weighted by Crippen LogP contribution is -2.26. The van der Waals surface area contributed by atoms with E-state index in [-0.39, 0.29) is 6.61 Å². The number of benzene rings is 1. The van der Waals surface area contributed by atoms with Crippen LogP contribution in [0.1, 0.15) is 6.42 Å². The summed E-state index contributed by atoms with van der Waals surface area (Å²) in [4.78, 5) is 2.64. The smallest absolute Gasteiger partial charge is 0.0481 e. The second kappa shape index (κ2) is 5.14. The molecular weight excluding hydrogens is 226 g/mol. The fourth-order valence-electron chi connectivity index (χ4n) is 1.63. The SMILES string of the molecule is CSc1ccc2c(c1)SCC(CCO)N2. The summed E-state index contributed by atoms with van der Waals surface area (Å²) in [5.74, 6) is 1.05. The van der Waals surface area contributed by atoms with Crippen LogP contribution < -0.4 is 5.32 Å². The molecule has 0 radical (unpaired) electrons. The highest BCUT2D eigenvalue weighted by molar-refractivity contribution is 8.00. The Bertz CT molecular complexity index is 343. The Morgan fingerprint density at radius 1 is 1.60 bits per heavy atom. The minimum atomic E-state index is 0.260. The highest BCUT2D eigenvalue weighted by Gasteiger charge is 2.17. The standard InChI is InChI=1S/C11H15NOS2/c1-14-9-2-3-10-11(6-9)15-7-8(12-10)4-5-13/h2-3,6,8,12-13H,4-5,7H2,1H3. The van der Waals surface area contributed by atoms with E-state index in [0.29, 0.717) is 6.04 Å². The van der Waals surface area contributed by atoms with Crippen molar-refractivity contribution < 1.29 is 5.11 Å². The summed E-state index contributed by atoms with van der Waals surface area (Å²) in [5, 5.41) is 12.4. The molecule has 2 rings (SSSR count). The molecule has 1 aliphatic rings. The summed E-state index contributed by atoms with van der Waals surface area (Å²) in [5.41, 5.74) is 1.21. The third kappa shape index (κ3) is 2.62. The number of aliphatic hydroxyl groups excluding tert-OH is 1. The van der Waals surface area contributed by atoms with E-state index in [1.54, 1.807) is 11.8 Å². The predicted octanol–water partition coefficient (Wildman–Crippen LogP) is 2.68. The number of nitrogens with one attached hydrogen (secondary N) is 1. The van der Waals surface area contributed by atoms with Gasteiger partial charge in [0.15, 0.2) is 0 Å². The first kappa shape index (κ1) is 11.2. The summed E-state index contributed by atoms with van der Waals surface area (Å²) in [7, 11) is 0. The Morgan fingerprint density at radius 3 is 3.20 bits per heavy atom. The van der Waals surface area contributed by atoms with Crippen molar-refractivity contribution in [3.63, 3.8) is 0 Å². The summed E-state index contributed by atoms with van der Waals surface area (Å²) in [6, 6.07) is 6.91. The Labute approximate surface area is 98.8 Å². The van der Waals surface area contributed by atoms with Gasteiger partial charge in [0.05, 0.1) is 0 Å². The van der Waals surface area contributed by atoms with Crippen LogP contribution in [-0.2, 0) is 0 Å². The second-order valence-electron chi connectivity index (χ2n) is 3.53. The van der Waals surface area contributed by atoms with Gasteiger partial charge in [-0.15, -0.1) is 23.5 Å². The molecule has 0 fully saturated rings. The van der Waals surface area contributed by atoms with Crippen LogP contribution >= 0.6 is 23.5 Å². The van der Waals surface area contributed by atoms with Crippen LogP contribution in [0, 0.1) is 0 Å². The first-order valence-corrected chi connectivity index (χ1v) is 7.22. The molecule has 1 atom stereocenters. The normalized spacial score (nSPS) is 19.5. The molecule has 1 aliphatic heterocycles. The maximum atomic E-state index is 8.90. The fourth-order valence-corrected chi connectivity index (χ4v) is 3.27. The molecule has 1 aromatic rings. The average Bonchev–Trinajstić information content (AvgIpc) is 2.29. The molecule has 1 aromatic carbocycles. The van der Waals surface area contributed by atoms with Gasteiger partial charge in [0, 0.05) is 33.9 Å². The molecule has 0 bridgehead atoms. The van der Waals surface area contributed by atoms with Crippen molar-refractivity contribution in [2.45, 2.75) is 22.3 Å². The molecule has 2 N–H and O–H groups in total. The van der Waals surface area contributed by atoms with Crippen molar-refractivity contribution in [1.82, 2.24) is 0 Å². The zero-order valence-corrected chi connectivity index (χ0v) is 10.3. The number of hydrogen-bond donors (Lipinski definition) is 2. The summed E-state index contributed by atoms with van der Waals surface area (Å²) >= 11 is 3.65. The first-order chi connectivity index (χ1) is 7.33. The van der Waals surface area contributed by atoms with E-state index in [0.717, 1.165) is 12.2 Å². The highest BCUT2D eigenvalue weighted by Crippen LogP contribution is 2.36. The van der Waals surface area contributed by atoms with Gasteiger partial charge in [-0.1, -0.05) is 0 Å². The van der Waals surface area contributed by atoms with Gasteiger partial charge in [-0.2, -0.15) is 0 Å². The molecule has 1 heterocycles. The van der Waals surface area contributed by atoms with Crippen molar-refractivity contribution in [2.75, 3.05) is 23.9 Å². The van der Waals surface area contributed by atoms with Gasteiger partial charge in [0.2, 0.25) is 0 Å². The van der Waals surface area contributed by atoms with E-state index in [1.165, 1.54) is 15.5 Å². The lowest BCUT2D eigenvalue weighted by molar-refractivity contribution is 0.282. The minimum absolute atomic E-state index is 0.260. The van der Waals surface area contributed by atoms with E-state index in [2.05, 4.69) is 29.8 Å². The van der Waals surface area contributed by atoms with Gasteiger partial charge in [-0.3, -0.25) is 0 Å². The molecule has 15 heavy (non-hydrogen) atoms. The molecule has 0 saturated carbocycles. The maximum absolute atomic E-state index is 8.90. The molecular formula is C11H15NOS2. The number of fused-ring (bicyclic) bond motifs is 1. The quantitative estimate of drug-likeness (QED) is 0.797. The Kier molecular flexibility index (Phi) is 3.83. The van der Waals surface area contributed by atoms with Crippen LogP contribution in [0.4, 0.5) is 5.69 Å². The van der Waals surface area contributed by atoms with E-state index in [9.17, 15) is 0 Å². The lowest BCUT2D eigenvalue weighted by Gasteiger charge is -2.26. The number of anilines is 1. The van der Waals surface area contributed by atoms with Crippen molar-refractivity contribution in [3.05, 3.63) is 18.2 Å². The molecule has 0 spiro atoms. The van der Waals surface area contributed by atoms with Gasteiger partial charge < -0.3 is 10.4 Å². The largest absolute Gasteiger partial charge is 0.396 e. The van der Waals surface area contributed by atoms with Gasteiger partial charge in [0.25, 0.3) is 0 Å². The topological polar surface area (TPSA) is 32.3 Å². The maximum Gasteiger partial charge on any atom is 0.0481 e. The fraction of sp³-hybridized carbons (Fsp3) is 0.455. The second-order valence-corrected chi connectivity index (χ2v) is 5.47. The number of aliphatic hydroxyl groups is 1. The predicted molar refractivity (Wildman–Crippen MR) is 68.1 cm³/mol. The van der Waals surface area contributed by atoms with Gasteiger partial charge in [-0.25, -0.2) is 0 Å². The van der Waals surface area contributed by atoms with Crippen LogP contribution in [0.2, 0.25) is 0 Å². The third-order valence-corrected chi connectivity index (χ3v) is 4.41. The molecule has 0 saturated heterocycles. The van der Waals surface area contributed by atoms with Crippen molar-refractivity contribution >= 4 is 29.2 Å². The zero-order chi connectivity index (χ0) is 10.7. The van der Waals surface area contributed by atoms with Gasteiger partial charge >= 0.3 is 0 Å². The highest BCUT2D eigenvalue weighted by atomic mass is 32.2. The third-order valence-electron chi connectivity index (χ3n) is 2.47. The summed E-state index contributed by atoms with van der Waals surface area (Å²) in [6.45, 7) is 0.260. The van der Waals surface area contributed by atoms with E-state index in [4.69, 9.17) is 5.11 Å². The number of rotatable bonds is 3.